The summed E-state index contributed by atoms with van der Waals surface area (Å²) >= 11 is 0. The highest BCUT2D eigenvalue weighted by atomic mass is 16.6. The van der Waals surface area contributed by atoms with Gasteiger partial charge >= 0.3 is 0 Å². The molecule has 6 nitrogen and oxygen atoms in total. The number of aromatic nitrogens is 2. The lowest BCUT2D eigenvalue weighted by Gasteiger charge is -2.23. The smallest absolute Gasteiger partial charge is 0.226 e. The lowest BCUT2D eigenvalue weighted by Crippen LogP contribution is -2.18. The second-order valence-corrected chi connectivity index (χ2v) is 5.79. The van der Waals surface area contributed by atoms with Crippen molar-refractivity contribution < 1.29 is 14.2 Å². The Labute approximate surface area is 134 Å². The molecule has 0 spiro atoms. The van der Waals surface area contributed by atoms with Crippen molar-refractivity contribution in [3.8, 4) is 17.4 Å². The van der Waals surface area contributed by atoms with Gasteiger partial charge in [-0.25, -0.2) is 4.98 Å². The molecule has 4 rings (SSSR count). The predicted octanol–water partition coefficient (Wildman–Crippen LogP) is 2.82. The fraction of sp³-hybridized carbons (Fsp3) is 0.412. The third-order valence-corrected chi connectivity index (χ3v) is 4.14. The number of benzene rings is 1. The molecule has 1 atom stereocenters. The van der Waals surface area contributed by atoms with Crippen molar-refractivity contribution in [1.29, 1.82) is 0 Å². The zero-order valence-corrected chi connectivity index (χ0v) is 13.0. The van der Waals surface area contributed by atoms with Gasteiger partial charge in [-0.05, 0) is 36.5 Å². The van der Waals surface area contributed by atoms with Crippen LogP contribution >= 0.6 is 0 Å². The van der Waals surface area contributed by atoms with Crippen LogP contribution in [-0.4, -0.2) is 30.3 Å². The van der Waals surface area contributed by atoms with Gasteiger partial charge in [0.15, 0.2) is 11.5 Å². The van der Waals surface area contributed by atoms with Crippen LogP contribution in [0.4, 0.5) is 5.95 Å². The first-order valence-electron chi connectivity index (χ1n) is 7.86. The number of rotatable bonds is 5. The van der Waals surface area contributed by atoms with E-state index in [-0.39, 0.29) is 6.04 Å². The van der Waals surface area contributed by atoms with Crippen LogP contribution in [0, 0.1) is 5.92 Å². The molecule has 6 heteroatoms. The number of fused-ring (bicyclic) bond motifs is 1. The number of hydrogen-bond acceptors (Lipinski definition) is 6. The molecule has 1 aliphatic heterocycles. The van der Waals surface area contributed by atoms with Crippen LogP contribution in [-0.2, 0) is 0 Å². The maximum absolute atomic E-state index is 5.70. The highest BCUT2D eigenvalue weighted by Crippen LogP contribution is 2.44. The van der Waals surface area contributed by atoms with E-state index in [0.717, 1.165) is 11.5 Å². The Morgan fingerprint density at radius 1 is 1.17 bits per heavy atom. The molecule has 120 valence electrons. The average Bonchev–Trinajstić information content (AvgIpc) is 3.44. The molecule has 1 aliphatic carbocycles. The standard InChI is InChI=1S/C17H19N3O3/c1-21-15-6-7-18-17(19-15)20-16(11-2-3-11)12-4-5-13-14(10-12)23-9-8-22-13/h4-7,10-11,16H,2-3,8-9H2,1H3,(H,18,19,20)/t16-/m1/s1. The minimum atomic E-state index is 0.165. The number of hydrogen-bond donors (Lipinski definition) is 1. The van der Waals surface area contributed by atoms with E-state index in [0.29, 0.717) is 31.0 Å². The molecular weight excluding hydrogens is 294 g/mol. The fourth-order valence-electron chi connectivity index (χ4n) is 2.82. The minimum absolute atomic E-state index is 0.165. The largest absolute Gasteiger partial charge is 0.486 e. The van der Waals surface area contributed by atoms with Crippen molar-refractivity contribution in [1.82, 2.24) is 9.97 Å². The number of nitrogens with zero attached hydrogens (tertiary/aromatic N) is 2. The summed E-state index contributed by atoms with van der Waals surface area (Å²) in [6.07, 6.45) is 4.11. The van der Waals surface area contributed by atoms with E-state index in [1.54, 1.807) is 19.4 Å². The van der Waals surface area contributed by atoms with Crippen LogP contribution < -0.4 is 19.5 Å². The number of nitrogens with one attached hydrogen (secondary N) is 1. The van der Waals surface area contributed by atoms with Gasteiger partial charge in [0.05, 0.1) is 13.2 Å². The first-order valence-corrected chi connectivity index (χ1v) is 7.86. The van der Waals surface area contributed by atoms with Crippen molar-refractivity contribution in [3.63, 3.8) is 0 Å². The van der Waals surface area contributed by atoms with Crippen molar-refractivity contribution in [2.45, 2.75) is 18.9 Å². The Bertz CT molecular complexity index is 703. The van der Waals surface area contributed by atoms with Gasteiger partial charge in [0.25, 0.3) is 0 Å². The molecule has 0 saturated heterocycles. The number of methoxy groups -OCH3 is 1. The molecule has 0 unspecified atom stereocenters. The summed E-state index contributed by atoms with van der Waals surface area (Å²) in [5, 5.41) is 3.44. The zero-order valence-electron chi connectivity index (χ0n) is 13.0. The van der Waals surface area contributed by atoms with Gasteiger partial charge in [-0.15, -0.1) is 0 Å². The first-order chi connectivity index (χ1) is 11.3. The monoisotopic (exact) mass is 313 g/mol. The van der Waals surface area contributed by atoms with Crippen LogP contribution in [0.15, 0.2) is 30.5 Å². The Kier molecular flexibility index (Phi) is 3.65. The second kappa shape index (κ2) is 5.95. The van der Waals surface area contributed by atoms with Crippen molar-refractivity contribution >= 4 is 5.95 Å². The van der Waals surface area contributed by atoms with Crippen LogP contribution in [0.25, 0.3) is 0 Å². The van der Waals surface area contributed by atoms with E-state index >= 15 is 0 Å². The molecule has 1 aromatic carbocycles. The molecule has 1 fully saturated rings. The van der Waals surface area contributed by atoms with Gasteiger partial charge in [-0.2, -0.15) is 4.98 Å². The molecule has 2 heterocycles. The predicted molar refractivity (Wildman–Crippen MR) is 85.1 cm³/mol. The highest BCUT2D eigenvalue weighted by molar-refractivity contribution is 5.46. The van der Waals surface area contributed by atoms with Gasteiger partial charge in [-0.3, -0.25) is 0 Å². The third-order valence-electron chi connectivity index (χ3n) is 4.14. The van der Waals surface area contributed by atoms with E-state index in [1.165, 1.54) is 18.4 Å². The number of anilines is 1. The maximum atomic E-state index is 5.70. The van der Waals surface area contributed by atoms with Gasteiger partial charge in [0.2, 0.25) is 11.8 Å². The summed E-state index contributed by atoms with van der Waals surface area (Å²) in [5.41, 5.74) is 1.17. The molecule has 0 amide bonds. The first kappa shape index (κ1) is 14.1. The molecule has 2 aromatic rings. The van der Waals surface area contributed by atoms with E-state index in [9.17, 15) is 0 Å². The van der Waals surface area contributed by atoms with E-state index in [4.69, 9.17) is 14.2 Å². The number of ether oxygens (including phenoxy) is 3. The van der Waals surface area contributed by atoms with Crippen LogP contribution in [0.2, 0.25) is 0 Å². The van der Waals surface area contributed by atoms with E-state index < -0.39 is 0 Å². The van der Waals surface area contributed by atoms with Crippen LogP contribution in [0.3, 0.4) is 0 Å². The second-order valence-electron chi connectivity index (χ2n) is 5.79. The van der Waals surface area contributed by atoms with Gasteiger partial charge in [-0.1, -0.05) is 6.07 Å². The molecule has 0 bridgehead atoms. The Hall–Kier alpha value is -2.50. The Morgan fingerprint density at radius 3 is 2.78 bits per heavy atom. The Balaban J connectivity index is 1.60. The van der Waals surface area contributed by atoms with E-state index in [1.807, 2.05) is 6.07 Å². The lowest BCUT2D eigenvalue weighted by atomic mass is 10.0. The van der Waals surface area contributed by atoms with Gasteiger partial charge in [0.1, 0.15) is 13.2 Å². The molecule has 1 saturated carbocycles. The molecule has 1 aromatic heterocycles. The zero-order chi connectivity index (χ0) is 15.6. The quantitative estimate of drug-likeness (QED) is 0.915. The molecule has 23 heavy (non-hydrogen) atoms. The van der Waals surface area contributed by atoms with Gasteiger partial charge < -0.3 is 19.5 Å². The van der Waals surface area contributed by atoms with Crippen molar-refractivity contribution in [2.24, 2.45) is 5.92 Å². The molecule has 2 aliphatic rings. The molecule has 1 N–H and O–H groups in total. The third kappa shape index (κ3) is 3.02. The summed E-state index contributed by atoms with van der Waals surface area (Å²) in [4.78, 5) is 8.65. The summed E-state index contributed by atoms with van der Waals surface area (Å²) in [6, 6.07) is 8.03. The average molecular weight is 313 g/mol. The minimum Gasteiger partial charge on any atom is -0.486 e. The highest BCUT2D eigenvalue weighted by Gasteiger charge is 2.33. The summed E-state index contributed by atoms with van der Waals surface area (Å²) < 4.78 is 16.5. The lowest BCUT2D eigenvalue weighted by molar-refractivity contribution is 0.171. The van der Waals surface area contributed by atoms with Crippen LogP contribution in [0.5, 0.6) is 17.4 Å². The fourth-order valence-corrected chi connectivity index (χ4v) is 2.82. The summed E-state index contributed by atoms with van der Waals surface area (Å²) in [7, 11) is 1.60. The summed E-state index contributed by atoms with van der Waals surface area (Å²) in [5.74, 6) is 3.35. The van der Waals surface area contributed by atoms with Crippen molar-refractivity contribution in [3.05, 3.63) is 36.0 Å². The SMILES string of the molecule is COc1ccnc(N[C@@H](c2ccc3c(c2)OCCO3)C2CC2)n1. The van der Waals surface area contributed by atoms with Crippen LogP contribution in [0.1, 0.15) is 24.4 Å². The topological polar surface area (TPSA) is 65.5 Å². The maximum Gasteiger partial charge on any atom is 0.226 e. The van der Waals surface area contributed by atoms with Crippen molar-refractivity contribution in [2.75, 3.05) is 25.6 Å². The molecular formula is C17H19N3O3. The Morgan fingerprint density at radius 2 is 2.00 bits per heavy atom. The molecule has 0 radical (unpaired) electrons. The normalized spacial score (nSPS) is 17.4. The van der Waals surface area contributed by atoms with E-state index in [2.05, 4.69) is 27.4 Å². The summed E-state index contributed by atoms with van der Waals surface area (Å²) in [6.45, 7) is 1.20. The van der Waals surface area contributed by atoms with Gasteiger partial charge in [0, 0.05) is 12.3 Å².